The van der Waals surface area contributed by atoms with E-state index in [9.17, 15) is 18.4 Å². The molecule has 8 heteroatoms. The molecule has 27 heavy (non-hydrogen) atoms. The minimum atomic E-state index is -4.47. The molecular weight excluding hydrogens is 375 g/mol. The molecule has 0 amide bonds. The molecule has 0 bridgehead atoms. The third-order valence-electron chi connectivity index (χ3n) is 3.62. The van der Waals surface area contributed by atoms with E-state index < -0.39 is 11.7 Å². The van der Waals surface area contributed by atoms with Crippen LogP contribution in [0.1, 0.15) is 17.0 Å². The van der Waals surface area contributed by atoms with Gasteiger partial charge in [-0.15, -0.1) is 11.3 Å². The van der Waals surface area contributed by atoms with Crippen LogP contribution >= 0.6 is 11.3 Å². The molecule has 1 aromatic carbocycles. The second-order valence-electron chi connectivity index (χ2n) is 5.41. The standard InChI is InChI=1S/C19H12F3N3OS/c1-26-16-4-2-3-12(8-16)18-25-15(11-27-18)7-13(9-23)17-6-5-14(10-24-17)19(20,21)22/h2-8,10-11H,1H3/b13-7+. The second kappa shape index (κ2) is 7.60. The molecule has 0 fully saturated rings. The Morgan fingerprint density at radius 1 is 1.26 bits per heavy atom. The fourth-order valence-electron chi connectivity index (χ4n) is 2.27. The predicted molar refractivity (Wildman–Crippen MR) is 96.8 cm³/mol. The largest absolute Gasteiger partial charge is 0.497 e. The van der Waals surface area contributed by atoms with Gasteiger partial charge in [0.2, 0.25) is 0 Å². The molecule has 0 saturated heterocycles. The summed E-state index contributed by atoms with van der Waals surface area (Å²) in [5.41, 5.74) is 0.811. The Balaban J connectivity index is 1.89. The van der Waals surface area contributed by atoms with Crippen LogP contribution in [0, 0.1) is 11.3 Å². The summed E-state index contributed by atoms with van der Waals surface area (Å²) in [6.07, 6.45) is -2.26. The van der Waals surface area contributed by atoms with E-state index in [1.807, 2.05) is 30.3 Å². The van der Waals surface area contributed by atoms with Crippen LogP contribution in [0.15, 0.2) is 48.0 Å². The molecular formula is C19H12F3N3OS. The number of nitriles is 1. The summed E-state index contributed by atoms with van der Waals surface area (Å²) in [6, 6.07) is 11.4. The number of pyridine rings is 1. The summed E-state index contributed by atoms with van der Waals surface area (Å²) in [4.78, 5) is 8.20. The molecule has 2 aromatic heterocycles. The Morgan fingerprint density at radius 3 is 2.70 bits per heavy atom. The maximum Gasteiger partial charge on any atom is 0.417 e. The summed E-state index contributed by atoms with van der Waals surface area (Å²) < 4.78 is 43.1. The number of ether oxygens (including phenoxy) is 1. The van der Waals surface area contributed by atoms with Crippen molar-refractivity contribution >= 4 is 23.0 Å². The highest BCUT2D eigenvalue weighted by atomic mass is 32.1. The van der Waals surface area contributed by atoms with Gasteiger partial charge in [0.15, 0.2) is 0 Å². The van der Waals surface area contributed by atoms with E-state index in [0.717, 1.165) is 16.6 Å². The highest BCUT2D eigenvalue weighted by molar-refractivity contribution is 7.13. The zero-order valence-corrected chi connectivity index (χ0v) is 14.8. The lowest BCUT2D eigenvalue weighted by molar-refractivity contribution is -0.137. The molecule has 136 valence electrons. The van der Waals surface area contributed by atoms with Crippen molar-refractivity contribution in [1.29, 1.82) is 5.26 Å². The number of methoxy groups -OCH3 is 1. The van der Waals surface area contributed by atoms with Crippen LogP contribution in [0.25, 0.3) is 22.2 Å². The van der Waals surface area contributed by atoms with E-state index in [1.54, 1.807) is 12.5 Å². The molecule has 3 rings (SSSR count). The van der Waals surface area contributed by atoms with Gasteiger partial charge in [-0.2, -0.15) is 18.4 Å². The van der Waals surface area contributed by atoms with Gasteiger partial charge in [-0.25, -0.2) is 4.98 Å². The lowest BCUT2D eigenvalue weighted by Gasteiger charge is -2.06. The van der Waals surface area contributed by atoms with Crippen LogP contribution in [0.5, 0.6) is 5.75 Å². The van der Waals surface area contributed by atoms with Crippen LogP contribution in [-0.4, -0.2) is 17.1 Å². The van der Waals surface area contributed by atoms with Gasteiger partial charge in [0.25, 0.3) is 0 Å². The van der Waals surface area contributed by atoms with Crippen molar-refractivity contribution in [3.8, 4) is 22.4 Å². The molecule has 0 atom stereocenters. The maximum atomic E-state index is 12.6. The smallest absolute Gasteiger partial charge is 0.417 e. The van der Waals surface area contributed by atoms with Crippen molar-refractivity contribution in [2.45, 2.75) is 6.18 Å². The SMILES string of the molecule is COc1cccc(-c2nc(/C=C(\C#N)c3ccc(C(F)(F)F)cn3)cs2)c1. The molecule has 3 aromatic rings. The minimum Gasteiger partial charge on any atom is -0.497 e. The summed E-state index contributed by atoms with van der Waals surface area (Å²) in [6.45, 7) is 0. The second-order valence-corrected chi connectivity index (χ2v) is 6.27. The summed E-state index contributed by atoms with van der Waals surface area (Å²) in [7, 11) is 1.57. The fourth-order valence-corrected chi connectivity index (χ4v) is 3.05. The number of alkyl halides is 3. The summed E-state index contributed by atoms with van der Waals surface area (Å²) in [5, 5.41) is 11.8. The fraction of sp³-hybridized carbons (Fsp3) is 0.105. The normalized spacial score (nSPS) is 11.9. The van der Waals surface area contributed by atoms with Gasteiger partial charge in [-0.3, -0.25) is 4.98 Å². The van der Waals surface area contributed by atoms with Gasteiger partial charge >= 0.3 is 6.18 Å². The first-order valence-electron chi connectivity index (χ1n) is 7.66. The number of nitrogens with zero attached hydrogens (tertiary/aromatic N) is 3. The van der Waals surface area contributed by atoms with Gasteiger partial charge in [-0.1, -0.05) is 12.1 Å². The monoisotopic (exact) mass is 387 g/mol. The van der Waals surface area contributed by atoms with Gasteiger partial charge in [-0.05, 0) is 30.3 Å². The molecule has 0 aliphatic heterocycles. The molecule has 4 nitrogen and oxygen atoms in total. The lowest BCUT2D eigenvalue weighted by atomic mass is 10.1. The third kappa shape index (κ3) is 4.33. The number of hydrogen-bond donors (Lipinski definition) is 0. The van der Waals surface area contributed by atoms with Crippen molar-refractivity contribution in [3.63, 3.8) is 0 Å². The Kier molecular flexibility index (Phi) is 5.23. The number of hydrogen-bond acceptors (Lipinski definition) is 5. The molecule has 0 saturated carbocycles. The number of aromatic nitrogens is 2. The minimum absolute atomic E-state index is 0.131. The predicted octanol–water partition coefficient (Wildman–Crippen LogP) is 5.30. The summed E-state index contributed by atoms with van der Waals surface area (Å²) in [5.74, 6) is 0.700. The zero-order chi connectivity index (χ0) is 19.4. The third-order valence-corrected chi connectivity index (χ3v) is 4.53. The van der Waals surface area contributed by atoms with Crippen LogP contribution in [0.3, 0.4) is 0 Å². The van der Waals surface area contributed by atoms with E-state index >= 15 is 0 Å². The lowest BCUT2D eigenvalue weighted by Crippen LogP contribution is -2.05. The number of thiazole rings is 1. The van der Waals surface area contributed by atoms with Crippen molar-refractivity contribution in [2.24, 2.45) is 0 Å². The Morgan fingerprint density at radius 2 is 2.07 bits per heavy atom. The van der Waals surface area contributed by atoms with Crippen molar-refractivity contribution in [1.82, 2.24) is 9.97 Å². The molecule has 0 radical (unpaired) electrons. The number of allylic oxidation sites excluding steroid dienone is 1. The van der Waals surface area contributed by atoms with Gasteiger partial charge in [0, 0.05) is 17.1 Å². The highest BCUT2D eigenvalue weighted by Crippen LogP contribution is 2.30. The van der Waals surface area contributed by atoms with Crippen LogP contribution in [0.4, 0.5) is 13.2 Å². The maximum absolute atomic E-state index is 12.6. The molecule has 2 heterocycles. The van der Waals surface area contributed by atoms with Crippen LogP contribution in [-0.2, 0) is 6.18 Å². The molecule has 0 spiro atoms. The average Bonchev–Trinajstić information content (AvgIpc) is 3.14. The molecule has 0 unspecified atom stereocenters. The van der Waals surface area contributed by atoms with Gasteiger partial charge < -0.3 is 4.74 Å². The Bertz CT molecular complexity index is 1020. The van der Waals surface area contributed by atoms with Crippen LogP contribution in [0.2, 0.25) is 0 Å². The van der Waals surface area contributed by atoms with Crippen LogP contribution < -0.4 is 4.74 Å². The first-order chi connectivity index (χ1) is 12.9. The Hall–Kier alpha value is -3.18. The van der Waals surface area contributed by atoms with E-state index in [0.29, 0.717) is 17.6 Å². The highest BCUT2D eigenvalue weighted by Gasteiger charge is 2.30. The van der Waals surface area contributed by atoms with Gasteiger partial charge in [0.05, 0.1) is 29.6 Å². The van der Waals surface area contributed by atoms with Crippen molar-refractivity contribution in [2.75, 3.05) is 7.11 Å². The molecule has 0 N–H and O–H groups in total. The van der Waals surface area contributed by atoms with Crippen molar-refractivity contribution < 1.29 is 17.9 Å². The zero-order valence-electron chi connectivity index (χ0n) is 14.0. The molecule has 0 aliphatic carbocycles. The van der Waals surface area contributed by atoms with Crippen molar-refractivity contribution in [3.05, 3.63) is 64.9 Å². The number of halogens is 3. The first-order valence-corrected chi connectivity index (χ1v) is 8.54. The summed E-state index contributed by atoms with van der Waals surface area (Å²) >= 11 is 1.39. The Labute approximate surface area is 157 Å². The van der Waals surface area contributed by atoms with E-state index in [1.165, 1.54) is 23.5 Å². The molecule has 0 aliphatic rings. The number of rotatable bonds is 4. The van der Waals surface area contributed by atoms with Gasteiger partial charge in [0.1, 0.15) is 16.8 Å². The first kappa shape index (κ1) is 18.6. The quantitative estimate of drug-likeness (QED) is 0.570. The van der Waals surface area contributed by atoms with E-state index in [2.05, 4.69) is 9.97 Å². The topological polar surface area (TPSA) is 58.8 Å². The van der Waals surface area contributed by atoms with E-state index in [-0.39, 0.29) is 11.3 Å². The average molecular weight is 387 g/mol. The van der Waals surface area contributed by atoms with E-state index in [4.69, 9.17) is 4.74 Å². The number of benzene rings is 1.